The lowest BCUT2D eigenvalue weighted by Gasteiger charge is -2.34. The van der Waals surface area contributed by atoms with E-state index >= 15 is 0 Å². The maximum Gasteiger partial charge on any atom is 0.332 e. The van der Waals surface area contributed by atoms with Gasteiger partial charge in [0.1, 0.15) is 11.6 Å². The Hall–Kier alpha value is -2.77. The molecule has 0 aliphatic carbocycles. The second-order valence-electron chi connectivity index (χ2n) is 6.81. The van der Waals surface area contributed by atoms with Crippen LogP contribution in [0.5, 0.6) is 0 Å². The first-order valence-corrected chi connectivity index (χ1v) is 8.76. The van der Waals surface area contributed by atoms with Crippen LogP contribution in [0.1, 0.15) is 35.4 Å². The molecule has 136 valence electrons. The number of rotatable bonds is 2. The molecule has 2 atom stereocenters. The monoisotopic (exact) mass is 358 g/mol. The highest BCUT2D eigenvalue weighted by molar-refractivity contribution is 5.94. The average Bonchev–Trinajstić information content (AvgIpc) is 3.02. The summed E-state index contributed by atoms with van der Waals surface area (Å²) in [5.74, 6) is -0.0193. The molecule has 3 heterocycles. The minimum Gasteiger partial charge on any atom is -0.338 e. The number of halogens is 1. The number of amides is 1. The lowest BCUT2D eigenvalue weighted by molar-refractivity contribution is 0.0667. The van der Waals surface area contributed by atoms with E-state index in [9.17, 15) is 18.8 Å². The Balaban J connectivity index is 1.66. The van der Waals surface area contributed by atoms with Gasteiger partial charge in [-0.25, -0.2) is 9.07 Å². The third-order valence-corrected chi connectivity index (χ3v) is 5.33. The third kappa shape index (κ3) is 2.56. The van der Waals surface area contributed by atoms with Gasteiger partial charge in [0.2, 0.25) is 0 Å². The summed E-state index contributed by atoms with van der Waals surface area (Å²) in [4.78, 5) is 38.7. The number of carbonyl (C=O) groups excluding carboxylic acids is 1. The van der Waals surface area contributed by atoms with Crippen LogP contribution in [0.2, 0.25) is 0 Å². The quantitative estimate of drug-likeness (QED) is 0.745. The molecule has 8 heteroatoms. The number of piperidine rings is 1. The molecule has 1 aromatic carbocycles. The summed E-state index contributed by atoms with van der Waals surface area (Å²) >= 11 is 0. The molecule has 2 aromatic rings. The number of carbonyl (C=O) groups is 1. The van der Waals surface area contributed by atoms with Crippen LogP contribution in [-0.2, 0) is 13.1 Å². The molecule has 1 fully saturated rings. The van der Waals surface area contributed by atoms with Gasteiger partial charge >= 0.3 is 11.1 Å². The van der Waals surface area contributed by atoms with E-state index in [-0.39, 0.29) is 17.7 Å². The van der Waals surface area contributed by atoms with E-state index in [1.165, 1.54) is 27.4 Å². The van der Waals surface area contributed by atoms with Gasteiger partial charge in [0.15, 0.2) is 0 Å². The molecule has 0 radical (unpaired) electrons. The van der Waals surface area contributed by atoms with Crippen molar-refractivity contribution in [2.24, 2.45) is 5.92 Å². The molecule has 2 aliphatic rings. The van der Waals surface area contributed by atoms with Gasteiger partial charge in [-0.05, 0) is 37.5 Å². The number of nitrogens with zero attached hydrogens (tertiary/aromatic N) is 4. The van der Waals surface area contributed by atoms with E-state index in [0.29, 0.717) is 37.6 Å². The minimum absolute atomic E-state index is 0.0904. The Kier molecular flexibility index (Phi) is 3.97. The molecule has 0 spiro atoms. The minimum atomic E-state index is -0.609. The Labute approximate surface area is 148 Å². The van der Waals surface area contributed by atoms with Crippen molar-refractivity contribution in [1.29, 1.82) is 0 Å². The van der Waals surface area contributed by atoms with Crippen molar-refractivity contribution in [3.63, 3.8) is 0 Å². The van der Waals surface area contributed by atoms with Crippen molar-refractivity contribution < 1.29 is 9.18 Å². The Bertz CT molecular complexity index is 997. The Morgan fingerprint density at radius 1 is 1.27 bits per heavy atom. The van der Waals surface area contributed by atoms with Gasteiger partial charge in [0.05, 0.1) is 0 Å². The summed E-state index contributed by atoms with van der Waals surface area (Å²) in [6.07, 6.45) is 0.717. The van der Waals surface area contributed by atoms with Crippen LogP contribution in [0.15, 0.2) is 33.9 Å². The van der Waals surface area contributed by atoms with Crippen LogP contribution in [-0.4, -0.2) is 38.2 Å². The number of hydrogen-bond acceptors (Lipinski definition) is 4. The maximum absolute atomic E-state index is 13.4. The largest absolute Gasteiger partial charge is 0.338 e. The molecule has 4 rings (SSSR count). The summed E-state index contributed by atoms with van der Waals surface area (Å²) in [5, 5.41) is 4.37. The van der Waals surface area contributed by atoms with E-state index < -0.39 is 16.9 Å². The zero-order valence-electron chi connectivity index (χ0n) is 14.4. The first-order chi connectivity index (χ1) is 12.5. The Morgan fingerprint density at radius 3 is 2.81 bits per heavy atom. The summed E-state index contributed by atoms with van der Waals surface area (Å²) in [7, 11) is 0. The second-order valence-corrected chi connectivity index (χ2v) is 6.81. The van der Waals surface area contributed by atoms with E-state index in [1.807, 2.05) is 0 Å². The molecule has 0 saturated carbocycles. The summed E-state index contributed by atoms with van der Waals surface area (Å²) < 4.78 is 16.1. The van der Waals surface area contributed by atoms with Crippen molar-refractivity contribution in [2.75, 3.05) is 13.1 Å². The number of benzene rings is 1. The van der Waals surface area contributed by atoms with Gasteiger partial charge in [-0.1, -0.05) is 6.07 Å². The lowest BCUT2D eigenvalue weighted by Crippen LogP contribution is -2.44. The third-order valence-electron chi connectivity index (χ3n) is 5.33. The zero-order chi connectivity index (χ0) is 18.4. The molecule has 1 aromatic heterocycles. The summed E-state index contributed by atoms with van der Waals surface area (Å²) in [6, 6.07) is 5.64. The van der Waals surface area contributed by atoms with E-state index in [0.717, 1.165) is 6.42 Å². The van der Waals surface area contributed by atoms with Crippen LogP contribution in [0.4, 0.5) is 4.39 Å². The zero-order valence-corrected chi connectivity index (χ0v) is 14.4. The topological polar surface area (TPSA) is 77.2 Å². The van der Waals surface area contributed by atoms with E-state index in [2.05, 4.69) is 5.10 Å². The molecule has 1 amide bonds. The summed E-state index contributed by atoms with van der Waals surface area (Å²) in [5.41, 5.74) is -0.845. The van der Waals surface area contributed by atoms with Gasteiger partial charge in [-0.3, -0.25) is 19.0 Å². The fourth-order valence-electron chi connectivity index (χ4n) is 3.95. The van der Waals surface area contributed by atoms with Crippen LogP contribution in [0.3, 0.4) is 0 Å². The molecule has 7 nitrogen and oxygen atoms in total. The van der Waals surface area contributed by atoms with Crippen molar-refractivity contribution >= 4 is 5.91 Å². The van der Waals surface area contributed by atoms with Crippen LogP contribution in [0.25, 0.3) is 0 Å². The predicted molar refractivity (Wildman–Crippen MR) is 91.6 cm³/mol. The highest BCUT2D eigenvalue weighted by Gasteiger charge is 2.41. The van der Waals surface area contributed by atoms with Crippen molar-refractivity contribution in [3.8, 4) is 0 Å². The van der Waals surface area contributed by atoms with Crippen molar-refractivity contribution in [3.05, 3.63) is 62.2 Å². The van der Waals surface area contributed by atoms with Crippen molar-refractivity contribution in [2.45, 2.75) is 32.4 Å². The normalized spacial score (nSPS) is 21.4. The predicted octanol–water partition coefficient (Wildman–Crippen LogP) is 0.823. The molecule has 2 unspecified atom stereocenters. The highest BCUT2D eigenvalue weighted by atomic mass is 19.1. The van der Waals surface area contributed by atoms with Gasteiger partial charge in [0, 0.05) is 37.7 Å². The van der Waals surface area contributed by atoms with Crippen LogP contribution >= 0.6 is 0 Å². The number of aromatic nitrogens is 3. The van der Waals surface area contributed by atoms with Gasteiger partial charge in [0.25, 0.3) is 5.91 Å². The number of fused-ring (bicyclic) bond motifs is 3. The number of aryl methyl sites for hydroxylation is 1. The molecule has 1 saturated heterocycles. The first kappa shape index (κ1) is 16.7. The molecular weight excluding hydrogens is 339 g/mol. The standard InChI is InChI=1S/C18H19FN4O3/c1-2-23-18(26)17(25)22-9-12-6-7-21(10-14(12)15(22)20-23)16(24)11-4-3-5-13(19)8-11/h3-5,8,12,14H,2,6-7,9-10H2,1H3. The number of hydrogen-bond donors (Lipinski definition) is 0. The van der Waals surface area contributed by atoms with Crippen LogP contribution in [0, 0.1) is 11.7 Å². The van der Waals surface area contributed by atoms with Gasteiger partial charge in [-0.15, -0.1) is 0 Å². The van der Waals surface area contributed by atoms with Crippen LogP contribution < -0.4 is 11.1 Å². The summed E-state index contributed by atoms with van der Waals surface area (Å²) in [6.45, 7) is 3.50. The first-order valence-electron chi connectivity index (χ1n) is 8.76. The van der Waals surface area contributed by atoms with E-state index in [1.54, 1.807) is 17.9 Å². The fraction of sp³-hybridized carbons (Fsp3) is 0.444. The second kappa shape index (κ2) is 6.19. The molecule has 2 aliphatic heterocycles. The van der Waals surface area contributed by atoms with E-state index in [4.69, 9.17) is 0 Å². The van der Waals surface area contributed by atoms with Crippen molar-refractivity contribution in [1.82, 2.24) is 19.2 Å². The molecule has 0 N–H and O–H groups in total. The highest BCUT2D eigenvalue weighted by Crippen LogP contribution is 2.37. The maximum atomic E-state index is 13.4. The van der Waals surface area contributed by atoms with Gasteiger partial charge in [-0.2, -0.15) is 5.10 Å². The smallest absolute Gasteiger partial charge is 0.332 e. The molecule has 0 bridgehead atoms. The number of likely N-dealkylation sites (tertiary alicyclic amines) is 1. The Morgan fingerprint density at radius 2 is 2.08 bits per heavy atom. The SMILES string of the molecule is CCn1nc2n(c(=O)c1=O)CC1CCN(C(=O)c3cccc(F)c3)CC21. The molecular formula is C18H19FN4O3. The fourth-order valence-corrected chi connectivity index (χ4v) is 3.95. The average molecular weight is 358 g/mol. The van der Waals surface area contributed by atoms with Gasteiger partial charge < -0.3 is 4.90 Å². The molecule has 26 heavy (non-hydrogen) atoms. The lowest BCUT2D eigenvalue weighted by atomic mass is 9.87.